The minimum absolute atomic E-state index is 0.0943. The predicted octanol–water partition coefficient (Wildman–Crippen LogP) is 4.10. The number of hydrogen-bond acceptors (Lipinski definition) is 5. The monoisotopic (exact) mass is 476 g/mol. The van der Waals surface area contributed by atoms with Crippen molar-refractivity contribution < 1.29 is 14.4 Å². The second-order valence-corrected chi connectivity index (χ2v) is 9.23. The van der Waals surface area contributed by atoms with E-state index in [0.29, 0.717) is 16.1 Å². The highest BCUT2D eigenvalue weighted by Gasteiger charge is 2.34. The Kier molecular flexibility index (Phi) is 8.04. The highest BCUT2D eigenvalue weighted by atomic mass is 32.1. The minimum Gasteiger partial charge on any atom is -0.351 e. The zero-order valence-electron chi connectivity index (χ0n) is 18.9. The summed E-state index contributed by atoms with van der Waals surface area (Å²) in [6, 6.07) is 15.3. The van der Waals surface area contributed by atoms with Crippen molar-refractivity contribution in [3.8, 4) is 0 Å². The molecule has 4 rings (SSSR count). The fourth-order valence-electron chi connectivity index (χ4n) is 4.25. The maximum absolute atomic E-state index is 13.6. The van der Waals surface area contributed by atoms with Crippen molar-refractivity contribution in [3.63, 3.8) is 0 Å². The summed E-state index contributed by atoms with van der Waals surface area (Å²) in [6.07, 6.45) is 8.45. The maximum atomic E-state index is 13.6. The molecule has 1 unspecified atom stereocenters. The van der Waals surface area contributed by atoms with Crippen LogP contribution in [0.4, 0.5) is 5.69 Å². The number of hydrogen-bond donors (Lipinski definition) is 2. The first kappa shape index (κ1) is 23.6. The number of amides is 3. The molecule has 34 heavy (non-hydrogen) atoms. The Morgan fingerprint density at radius 3 is 2.38 bits per heavy atom. The molecule has 1 aliphatic carbocycles. The van der Waals surface area contributed by atoms with Gasteiger partial charge in [0, 0.05) is 24.1 Å². The van der Waals surface area contributed by atoms with Crippen LogP contribution in [0.1, 0.15) is 53.4 Å². The molecule has 8 heteroatoms. The van der Waals surface area contributed by atoms with Gasteiger partial charge >= 0.3 is 0 Å². The fraction of sp³-hybridized carbons (Fsp3) is 0.308. The van der Waals surface area contributed by atoms with E-state index in [9.17, 15) is 14.4 Å². The summed E-state index contributed by atoms with van der Waals surface area (Å²) in [7, 11) is 0. The number of carbonyl (C=O) groups is 3. The van der Waals surface area contributed by atoms with Crippen molar-refractivity contribution >= 4 is 34.7 Å². The fourth-order valence-corrected chi connectivity index (χ4v) is 4.89. The second kappa shape index (κ2) is 11.6. The Bertz CT molecular complexity index is 1080. The molecule has 1 aromatic carbocycles. The summed E-state index contributed by atoms with van der Waals surface area (Å²) in [6.45, 7) is -0.232. The van der Waals surface area contributed by atoms with E-state index in [4.69, 9.17) is 0 Å². The van der Waals surface area contributed by atoms with Gasteiger partial charge in [0.2, 0.25) is 11.8 Å². The highest BCUT2D eigenvalue weighted by Crippen LogP contribution is 2.28. The Balaban J connectivity index is 1.63. The van der Waals surface area contributed by atoms with Crippen LogP contribution in [0.5, 0.6) is 0 Å². The van der Waals surface area contributed by atoms with Gasteiger partial charge in [0.1, 0.15) is 6.04 Å². The number of thiophene rings is 1. The van der Waals surface area contributed by atoms with Crippen LogP contribution in [0.3, 0.4) is 0 Å². The van der Waals surface area contributed by atoms with Gasteiger partial charge in [-0.2, -0.15) is 0 Å². The molecule has 176 valence electrons. The Morgan fingerprint density at radius 2 is 1.71 bits per heavy atom. The lowest BCUT2D eigenvalue weighted by atomic mass is 9.94. The van der Waals surface area contributed by atoms with E-state index < -0.39 is 6.04 Å². The van der Waals surface area contributed by atoms with E-state index in [-0.39, 0.29) is 30.3 Å². The van der Waals surface area contributed by atoms with E-state index in [1.807, 2.05) is 23.6 Å². The predicted molar refractivity (Wildman–Crippen MR) is 133 cm³/mol. The van der Waals surface area contributed by atoms with Gasteiger partial charge in [-0.1, -0.05) is 43.5 Å². The van der Waals surface area contributed by atoms with Gasteiger partial charge in [0.15, 0.2) is 0 Å². The Labute approximate surface area is 203 Å². The van der Waals surface area contributed by atoms with Gasteiger partial charge < -0.3 is 10.6 Å². The van der Waals surface area contributed by atoms with Crippen LogP contribution in [0.2, 0.25) is 0 Å². The molecule has 2 aromatic heterocycles. The molecule has 2 N–H and O–H groups in total. The van der Waals surface area contributed by atoms with Crippen LogP contribution in [-0.4, -0.2) is 35.3 Å². The average Bonchev–Trinajstić information content (AvgIpc) is 3.42. The molecule has 1 atom stereocenters. The average molecular weight is 477 g/mol. The molecule has 3 aromatic rings. The van der Waals surface area contributed by atoms with E-state index in [0.717, 1.165) is 25.7 Å². The quantitative estimate of drug-likeness (QED) is 0.512. The zero-order chi connectivity index (χ0) is 23.8. The van der Waals surface area contributed by atoms with E-state index >= 15 is 0 Å². The van der Waals surface area contributed by atoms with Crippen LogP contribution in [0, 0.1) is 0 Å². The third kappa shape index (κ3) is 5.88. The second-order valence-electron chi connectivity index (χ2n) is 8.29. The van der Waals surface area contributed by atoms with Crippen molar-refractivity contribution in [2.75, 3.05) is 11.4 Å². The number of nitrogens with zero attached hydrogens (tertiary/aromatic N) is 2. The number of pyridine rings is 1. The maximum Gasteiger partial charge on any atom is 0.261 e. The van der Waals surface area contributed by atoms with Crippen molar-refractivity contribution in [2.45, 2.75) is 44.2 Å². The lowest BCUT2D eigenvalue weighted by Crippen LogP contribution is -2.49. The normalized spacial score (nSPS) is 14.7. The molecule has 0 spiro atoms. The number of carbonyl (C=O) groups excluding carboxylic acids is 3. The minimum atomic E-state index is -0.890. The van der Waals surface area contributed by atoms with Crippen molar-refractivity contribution in [3.05, 3.63) is 82.8 Å². The zero-order valence-corrected chi connectivity index (χ0v) is 19.7. The lowest BCUT2D eigenvalue weighted by molar-refractivity contribution is -0.127. The molecule has 0 radical (unpaired) electrons. The SMILES string of the molecule is O=C(NCC(=O)N(c1ccccc1)C(C(=O)NC1CCCCC1)c1ccncc1)c1cccs1. The van der Waals surface area contributed by atoms with Crippen LogP contribution in [0.25, 0.3) is 0 Å². The smallest absolute Gasteiger partial charge is 0.261 e. The van der Waals surface area contributed by atoms with Crippen LogP contribution in [-0.2, 0) is 9.59 Å². The number of para-hydroxylation sites is 1. The first-order chi connectivity index (χ1) is 16.6. The van der Waals surface area contributed by atoms with Crippen LogP contribution >= 0.6 is 11.3 Å². The molecule has 0 saturated heterocycles. The van der Waals surface area contributed by atoms with Gasteiger partial charge in [-0.3, -0.25) is 24.3 Å². The third-order valence-electron chi connectivity index (χ3n) is 5.93. The summed E-state index contributed by atoms with van der Waals surface area (Å²) in [5.41, 5.74) is 1.24. The van der Waals surface area contributed by atoms with E-state index in [1.54, 1.807) is 48.8 Å². The molecule has 1 fully saturated rings. The summed E-state index contributed by atoms with van der Waals surface area (Å²) < 4.78 is 0. The summed E-state index contributed by atoms with van der Waals surface area (Å²) >= 11 is 1.31. The molecular weight excluding hydrogens is 448 g/mol. The molecule has 0 bridgehead atoms. The van der Waals surface area contributed by atoms with Crippen molar-refractivity contribution in [1.29, 1.82) is 0 Å². The summed E-state index contributed by atoms with van der Waals surface area (Å²) in [5, 5.41) is 7.68. The molecule has 7 nitrogen and oxygen atoms in total. The molecule has 1 saturated carbocycles. The first-order valence-electron chi connectivity index (χ1n) is 11.5. The van der Waals surface area contributed by atoms with Crippen molar-refractivity contribution in [2.24, 2.45) is 0 Å². The largest absolute Gasteiger partial charge is 0.351 e. The summed E-state index contributed by atoms with van der Waals surface area (Å²) in [4.78, 5) is 45.7. The Morgan fingerprint density at radius 1 is 0.971 bits per heavy atom. The standard InChI is InChI=1S/C26H28N4O3S/c31-23(18-28-25(32)22-12-7-17-34-22)30(21-10-5-2-6-11-21)24(19-13-15-27-16-14-19)26(33)29-20-8-3-1-4-9-20/h2,5-7,10-17,20,24H,1,3-4,8-9,18H2,(H,28,32)(H,29,33). The molecule has 2 heterocycles. The van der Waals surface area contributed by atoms with Crippen molar-refractivity contribution in [1.82, 2.24) is 15.6 Å². The number of aromatic nitrogens is 1. The number of anilines is 1. The Hall–Kier alpha value is -3.52. The molecule has 0 aliphatic heterocycles. The molecular formula is C26H28N4O3S. The number of rotatable bonds is 8. The van der Waals surface area contributed by atoms with Crippen LogP contribution in [0.15, 0.2) is 72.4 Å². The van der Waals surface area contributed by atoms with Gasteiger partial charge in [-0.15, -0.1) is 11.3 Å². The van der Waals surface area contributed by atoms with Gasteiger partial charge in [-0.25, -0.2) is 0 Å². The molecule has 3 amide bonds. The van der Waals surface area contributed by atoms with E-state index in [1.165, 1.54) is 22.7 Å². The number of nitrogens with one attached hydrogen (secondary N) is 2. The highest BCUT2D eigenvalue weighted by molar-refractivity contribution is 7.12. The first-order valence-corrected chi connectivity index (χ1v) is 12.4. The van der Waals surface area contributed by atoms with Crippen LogP contribution < -0.4 is 15.5 Å². The van der Waals surface area contributed by atoms with E-state index in [2.05, 4.69) is 15.6 Å². The lowest BCUT2D eigenvalue weighted by Gasteiger charge is -2.33. The topological polar surface area (TPSA) is 91.4 Å². The third-order valence-corrected chi connectivity index (χ3v) is 6.80. The van der Waals surface area contributed by atoms with Gasteiger partial charge in [-0.05, 0) is 54.1 Å². The summed E-state index contributed by atoms with van der Waals surface area (Å²) in [5.74, 6) is -0.930. The molecule has 1 aliphatic rings. The van der Waals surface area contributed by atoms with Gasteiger partial charge in [0.05, 0.1) is 11.4 Å². The number of benzene rings is 1. The van der Waals surface area contributed by atoms with Gasteiger partial charge in [0.25, 0.3) is 5.91 Å².